The number of aliphatic hydroxyl groups excluding tert-OH is 2. The number of hydrogen-bond acceptors (Lipinski definition) is 3. The van der Waals surface area contributed by atoms with E-state index >= 15 is 0 Å². The topological polar surface area (TPSA) is 52.5 Å². The summed E-state index contributed by atoms with van der Waals surface area (Å²) in [5.74, 6) is 4.25. The molecule has 1 aliphatic heterocycles. The van der Waals surface area contributed by atoms with Crippen LogP contribution < -0.4 is 5.32 Å². The zero-order valence-corrected chi connectivity index (χ0v) is 19.7. The number of allylic oxidation sites excluding steroid dienone is 2. The number of hydrogen-bond donors (Lipinski definition) is 3. The molecule has 3 nitrogen and oxygen atoms in total. The smallest absolute Gasteiger partial charge is 0.0579 e. The van der Waals surface area contributed by atoms with Gasteiger partial charge in [-0.15, -0.1) is 0 Å². The Morgan fingerprint density at radius 2 is 1.70 bits per heavy atom. The highest BCUT2D eigenvalue weighted by Gasteiger charge is 2.62. The van der Waals surface area contributed by atoms with Crippen molar-refractivity contribution >= 4 is 0 Å². The summed E-state index contributed by atoms with van der Waals surface area (Å²) in [6, 6.07) is 0.567. The second kappa shape index (κ2) is 7.59. The standard InChI is InChI=1S/C27H45NO2/c1-16-5-8-23(28-15-16)17(2)25-24(30)14-22-20-7-6-18-13-19(29)9-11-26(18,3)21(20)10-12-27(22,25)4/h6-7,16-25,28-30H,5,8-15H2,1-4H3. The molecule has 0 aromatic carbocycles. The summed E-state index contributed by atoms with van der Waals surface area (Å²) in [5.41, 5.74) is 0.599. The zero-order valence-electron chi connectivity index (χ0n) is 19.7. The van der Waals surface area contributed by atoms with Gasteiger partial charge in [0.15, 0.2) is 0 Å². The van der Waals surface area contributed by atoms with Crippen LogP contribution in [0.4, 0.5) is 0 Å². The number of fused-ring (bicyclic) bond motifs is 5. The predicted octanol–water partition coefficient (Wildman–Crippen LogP) is 4.78. The van der Waals surface area contributed by atoms with Crippen molar-refractivity contribution in [3.8, 4) is 0 Å². The minimum Gasteiger partial charge on any atom is -0.393 e. The van der Waals surface area contributed by atoms with Gasteiger partial charge < -0.3 is 15.5 Å². The van der Waals surface area contributed by atoms with E-state index in [1.807, 2.05) is 0 Å². The fourth-order valence-corrected chi connectivity index (χ4v) is 9.32. The first-order valence-corrected chi connectivity index (χ1v) is 13.0. The van der Waals surface area contributed by atoms with E-state index in [1.165, 1.54) is 32.1 Å². The van der Waals surface area contributed by atoms with Crippen LogP contribution in [0.5, 0.6) is 0 Å². The van der Waals surface area contributed by atoms with Gasteiger partial charge in [0.1, 0.15) is 0 Å². The van der Waals surface area contributed by atoms with E-state index in [1.54, 1.807) is 0 Å². The first kappa shape index (κ1) is 21.5. The van der Waals surface area contributed by atoms with Crippen LogP contribution in [0.25, 0.3) is 0 Å². The lowest BCUT2D eigenvalue weighted by molar-refractivity contribution is -0.0855. The maximum absolute atomic E-state index is 11.4. The summed E-state index contributed by atoms with van der Waals surface area (Å²) >= 11 is 0. The molecule has 0 radical (unpaired) electrons. The highest BCUT2D eigenvalue weighted by Crippen LogP contribution is 2.67. The summed E-state index contributed by atoms with van der Waals surface area (Å²) in [7, 11) is 0. The van der Waals surface area contributed by atoms with Crippen molar-refractivity contribution in [2.75, 3.05) is 6.54 Å². The van der Waals surface area contributed by atoms with E-state index in [0.29, 0.717) is 41.0 Å². The fourth-order valence-electron chi connectivity index (χ4n) is 9.32. The SMILES string of the molecule is CC1CCC(C(C)C2C(O)CC3C4C=CC5CC(O)CCC5(C)C4CCC32C)NC1. The molecule has 12 atom stereocenters. The Labute approximate surface area is 184 Å². The summed E-state index contributed by atoms with van der Waals surface area (Å²) in [6.07, 6.45) is 14.0. The van der Waals surface area contributed by atoms with Gasteiger partial charge in [-0.1, -0.05) is 39.8 Å². The summed E-state index contributed by atoms with van der Waals surface area (Å²) in [4.78, 5) is 0. The molecule has 3 N–H and O–H groups in total. The number of aliphatic hydroxyl groups is 2. The average Bonchev–Trinajstić information content (AvgIpc) is 2.98. The lowest BCUT2D eigenvalue weighted by Gasteiger charge is -2.59. The van der Waals surface area contributed by atoms with Crippen molar-refractivity contribution in [3.63, 3.8) is 0 Å². The van der Waals surface area contributed by atoms with Gasteiger partial charge in [0, 0.05) is 6.04 Å². The predicted molar refractivity (Wildman–Crippen MR) is 122 cm³/mol. The molecule has 0 spiro atoms. The van der Waals surface area contributed by atoms with Crippen LogP contribution in [0.2, 0.25) is 0 Å². The molecule has 0 aromatic rings. The van der Waals surface area contributed by atoms with Crippen LogP contribution in [0.1, 0.15) is 79.1 Å². The third-order valence-corrected chi connectivity index (χ3v) is 11.1. The van der Waals surface area contributed by atoms with Gasteiger partial charge in [-0.25, -0.2) is 0 Å². The van der Waals surface area contributed by atoms with Gasteiger partial charge >= 0.3 is 0 Å². The van der Waals surface area contributed by atoms with Crippen LogP contribution in [-0.4, -0.2) is 35.0 Å². The van der Waals surface area contributed by atoms with E-state index < -0.39 is 0 Å². The quantitative estimate of drug-likeness (QED) is 0.569. The summed E-state index contributed by atoms with van der Waals surface area (Å²) < 4.78 is 0. The molecule has 30 heavy (non-hydrogen) atoms. The number of nitrogens with one attached hydrogen (secondary N) is 1. The Bertz CT molecular complexity index is 670. The number of piperidine rings is 1. The second-order valence-electron chi connectivity index (χ2n) is 12.6. The molecular formula is C27H45NO2. The fraction of sp³-hybridized carbons (Fsp3) is 0.926. The molecule has 4 fully saturated rings. The van der Waals surface area contributed by atoms with Gasteiger partial charge in [-0.2, -0.15) is 0 Å². The third kappa shape index (κ3) is 3.17. The first-order valence-electron chi connectivity index (χ1n) is 13.0. The Kier molecular flexibility index (Phi) is 5.43. The molecule has 170 valence electrons. The molecule has 5 aliphatic rings. The lowest BCUT2D eigenvalue weighted by atomic mass is 9.46. The zero-order chi connectivity index (χ0) is 21.3. The van der Waals surface area contributed by atoms with E-state index in [4.69, 9.17) is 0 Å². The van der Waals surface area contributed by atoms with Crippen molar-refractivity contribution in [2.45, 2.75) is 97.3 Å². The van der Waals surface area contributed by atoms with Gasteiger partial charge in [-0.3, -0.25) is 0 Å². The van der Waals surface area contributed by atoms with E-state index in [-0.39, 0.29) is 17.6 Å². The largest absolute Gasteiger partial charge is 0.393 e. The van der Waals surface area contributed by atoms with E-state index in [9.17, 15) is 10.2 Å². The van der Waals surface area contributed by atoms with Crippen LogP contribution in [0.3, 0.4) is 0 Å². The molecule has 5 rings (SSSR count). The monoisotopic (exact) mass is 415 g/mol. The molecule has 1 heterocycles. The molecule has 3 heteroatoms. The highest BCUT2D eigenvalue weighted by atomic mass is 16.3. The Morgan fingerprint density at radius 3 is 2.43 bits per heavy atom. The third-order valence-electron chi connectivity index (χ3n) is 11.1. The van der Waals surface area contributed by atoms with E-state index in [2.05, 4.69) is 45.2 Å². The van der Waals surface area contributed by atoms with E-state index in [0.717, 1.165) is 37.6 Å². The Balaban J connectivity index is 1.40. The Hall–Kier alpha value is -0.380. The van der Waals surface area contributed by atoms with Crippen molar-refractivity contribution in [1.29, 1.82) is 0 Å². The molecule has 0 amide bonds. The number of rotatable bonds is 2. The maximum atomic E-state index is 11.4. The molecule has 4 aliphatic carbocycles. The molecular weight excluding hydrogens is 370 g/mol. The highest BCUT2D eigenvalue weighted by molar-refractivity contribution is 5.19. The van der Waals surface area contributed by atoms with Crippen molar-refractivity contribution in [3.05, 3.63) is 12.2 Å². The molecule has 12 unspecified atom stereocenters. The maximum Gasteiger partial charge on any atom is 0.0579 e. The van der Waals surface area contributed by atoms with Gasteiger partial charge in [0.25, 0.3) is 0 Å². The van der Waals surface area contributed by atoms with Gasteiger partial charge in [0.05, 0.1) is 12.2 Å². The lowest BCUT2D eigenvalue weighted by Crippen LogP contribution is -2.54. The average molecular weight is 416 g/mol. The minimum absolute atomic E-state index is 0.109. The van der Waals surface area contributed by atoms with Crippen molar-refractivity contribution in [2.24, 2.45) is 52.3 Å². The van der Waals surface area contributed by atoms with Crippen LogP contribution in [-0.2, 0) is 0 Å². The van der Waals surface area contributed by atoms with Crippen molar-refractivity contribution in [1.82, 2.24) is 5.32 Å². The molecule has 0 aromatic heterocycles. The van der Waals surface area contributed by atoms with Crippen LogP contribution in [0.15, 0.2) is 12.2 Å². The molecule has 1 saturated heterocycles. The Morgan fingerprint density at radius 1 is 0.933 bits per heavy atom. The van der Waals surface area contributed by atoms with Gasteiger partial charge in [-0.05, 0) is 110 Å². The van der Waals surface area contributed by atoms with Crippen LogP contribution in [0, 0.1) is 52.3 Å². The first-order chi connectivity index (χ1) is 14.2. The van der Waals surface area contributed by atoms with Gasteiger partial charge in [0.2, 0.25) is 0 Å². The summed E-state index contributed by atoms with van der Waals surface area (Å²) in [5, 5.41) is 25.5. The normalized spacial score (nSPS) is 56.7. The van der Waals surface area contributed by atoms with Crippen molar-refractivity contribution < 1.29 is 10.2 Å². The van der Waals surface area contributed by atoms with Crippen LogP contribution >= 0.6 is 0 Å². The minimum atomic E-state index is -0.151. The summed E-state index contributed by atoms with van der Waals surface area (Å²) in [6.45, 7) is 11.0. The molecule has 3 saturated carbocycles. The second-order valence-corrected chi connectivity index (χ2v) is 12.6. The molecule has 0 bridgehead atoms.